The van der Waals surface area contributed by atoms with Crippen molar-refractivity contribution in [2.45, 2.75) is 13.0 Å². The van der Waals surface area contributed by atoms with Gasteiger partial charge in [-0.3, -0.25) is 0 Å². The number of nitrogens with zero attached hydrogens (tertiary/aromatic N) is 2. The average molecular weight is 300 g/mol. The molecule has 21 heavy (non-hydrogen) atoms. The minimum Gasteiger partial charge on any atom is -0.418 e. The van der Waals surface area contributed by atoms with Gasteiger partial charge < -0.3 is 9.73 Å². The van der Waals surface area contributed by atoms with Gasteiger partial charge in [-0.2, -0.15) is 0 Å². The molecule has 2 aromatic carbocycles. The van der Waals surface area contributed by atoms with Crippen molar-refractivity contribution < 1.29 is 4.42 Å². The third kappa shape index (κ3) is 3.23. The highest BCUT2D eigenvalue weighted by Gasteiger charge is 2.14. The van der Waals surface area contributed by atoms with Crippen LogP contribution < -0.4 is 5.32 Å². The van der Waals surface area contributed by atoms with Crippen molar-refractivity contribution in [3.05, 3.63) is 65.5 Å². The molecule has 4 nitrogen and oxygen atoms in total. The molecule has 106 valence electrons. The fourth-order valence-corrected chi connectivity index (χ4v) is 2.09. The van der Waals surface area contributed by atoms with Crippen molar-refractivity contribution >= 4 is 17.3 Å². The van der Waals surface area contributed by atoms with Gasteiger partial charge in [-0.05, 0) is 43.3 Å². The molecule has 0 bridgehead atoms. The van der Waals surface area contributed by atoms with Crippen LogP contribution in [0.2, 0.25) is 5.02 Å². The highest BCUT2D eigenvalue weighted by Crippen LogP contribution is 2.23. The first-order valence-electron chi connectivity index (χ1n) is 6.63. The zero-order valence-corrected chi connectivity index (χ0v) is 12.2. The average Bonchev–Trinajstić information content (AvgIpc) is 3.00. The Bertz CT molecular complexity index is 710. The number of anilines is 1. The zero-order chi connectivity index (χ0) is 14.7. The number of rotatable bonds is 4. The van der Waals surface area contributed by atoms with Gasteiger partial charge in [0.1, 0.15) is 6.04 Å². The van der Waals surface area contributed by atoms with Crippen LogP contribution in [0.25, 0.3) is 11.5 Å². The van der Waals surface area contributed by atoms with Crippen molar-refractivity contribution in [2.24, 2.45) is 0 Å². The molecule has 0 saturated carbocycles. The van der Waals surface area contributed by atoms with Crippen LogP contribution in [0.15, 0.2) is 59.0 Å². The van der Waals surface area contributed by atoms with Gasteiger partial charge in [0.2, 0.25) is 11.8 Å². The van der Waals surface area contributed by atoms with E-state index in [1.54, 1.807) is 0 Å². The van der Waals surface area contributed by atoms with Gasteiger partial charge in [0.05, 0.1) is 0 Å². The van der Waals surface area contributed by atoms with Crippen LogP contribution in [0.1, 0.15) is 18.9 Å². The van der Waals surface area contributed by atoms with Crippen molar-refractivity contribution in [3.8, 4) is 11.5 Å². The van der Waals surface area contributed by atoms with Gasteiger partial charge in [0.15, 0.2) is 0 Å². The first-order valence-corrected chi connectivity index (χ1v) is 7.01. The molecule has 0 aliphatic heterocycles. The second-order valence-electron chi connectivity index (χ2n) is 4.68. The Morgan fingerprint density at radius 2 is 1.71 bits per heavy atom. The number of halogens is 1. The topological polar surface area (TPSA) is 51.0 Å². The molecular formula is C16H14ClN3O. The van der Waals surface area contributed by atoms with Crippen LogP contribution in [0.3, 0.4) is 0 Å². The Labute approximate surface area is 127 Å². The van der Waals surface area contributed by atoms with Crippen LogP contribution in [0, 0.1) is 0 Å². The maximum atomic E-state index is 5.87. The van der Waals surface area contributed by atoms with E-state index in [9.17, 15) is 0 Å². The molecule has 0 saturated heterocycles. The zero-order valence-electron chi connectivity index (χ0n) is 11.5. The molecule has 0 fully saturated rings. The lowest BCUT2D eigenvalue weighted by Crippen LogP contribution is -2.06. The van der Waals surface area contributed by atoms with Crippen molar-refractivity contribution in [1.82, 2.24) is 10.2 Å². The van der Waals surface area contributed by atoms with Crippen molar-refractivity contribution in [3.63, 3.8) is 0 Å². The quantitative estimate of drug-likeness (QED) is 0.767. The summed E-state index contributed by atoms with van der Waals surface area (Å²) in [6.07, 6.45) is 0. The molecule has 5 heteroatoms. The summed E-state index contributed by atoms with van der Waals surface area (Å²) in [5, 5.41) is 12.2. The van der Waals surface area contributed by atoms with Crippen LogP contribution in [0.5, 0.6) is 0 Å². The summed E-state index contributed by atoms with van der Waals surface area (Å²) < 4.78 is 5.72. The molecule has 0 radical (unpaired) electrons. The van der Waals surface area contributed by atoms with E-state index >= 15 is 0 Å². The molecular weight excluding hydrogens is 286 g/mol. The highest BCUT2D eigenvalue weighted by molar-refractivity contribution is 6.30. The Hall–Kier alpha value is -2.33. The summed E-state index contributed by atoms with van der Waals surface area (Å²) in [5.41, 5.74) is 1.86. The Balaban J connectivity index is 1.75. The third-order valence-electron chi connectivity index (χ3n) is 3.06. The number of hydrogen-bond acceptors (Lipinski definition) is 4. The summed E-state index contributed by atoms with van der Waals surface area (Å²) in [6.45, 7) is 1.97. The van der Waals surface area contributed by atoms with Gasteiger partial charge in [-0.25, -0.2) is 0 Å². The van der Waals surface area contributed by atoms with E-state index < -0.39 is 0 Å². The van der Waals surface area contributed by atoms with E-state index in [2.05, 4.69) is 15.5 Å². The number of benzene rings is 2. The lowest BCUT2D eigenvalue weighted by atomic mass is 10.2. The van der Waals surface area contributed by atoms with Crippen LogP contribution in [0.4, 0.5) is 5.69 Å². The molecule has 1 N–H and O–H groups in total. The van der Waals surface area contributed by atoms with Gasteiger partial charge in [0, 0.05) is 16.3 Å². The van der Waals surface area contributed by atoms with Gasteiger partial charge in [-0.1, -0.05) is 29.8 Å². The van der Waals surface area contributed by atoms with E-state index in [0.29, 0.717) is 16.8 Å². The molecule has 1 aromatic heterocycles. The highest BCUT2D eigenvalue weighted by atomic mass is 35.5. The second kappa shape index (κ2) is 5.97. The molecule has 1 heterocycles. The lowest BCUT2D eigenvalue weighted by molar-refractivity contribution is 0.485. The monoisotopic (exact) mass is 299 g/mol. The summed E-state index contributed by atoms with van der Waals surface area (Å²) in [7, 11) is 0. The first kappa shape index (κ1) is 13.6. The van der Waals surface area contributed by atoms with Gasteiger partial charge in [0.25, 0.3) is 0 Å². The maximum Gasteiger partial charge on any atom is 0.247 e. The molecule has 3 rings (SSSR count). The Kier molecular flexibility index (Phi) is 3.88. The summed E-state index contributed by atoms with van der Waals surface area (Å²) >= 11 is 5.87. The fraction of sp³-hybridized carbons (Fsp3) is 0.125. The number of aromatic nitrogens is 2. The Morgan fingerprint density at radius 3 is 2.43 bits per heavy atom. The normalized spacial score (nSPS) is 12.1. The first-order chi connectivity index (χ1) is 10.2. The number of hydrogen-bond donors (Lipinski definition) is 1. The predicted molar refractivity (Wildman–Crippen MR) is 83.2 cm³/mol. The molecule has 1 atom stereocenters. The minimum absolute atomic E-state index is 0.0869. The SMILES string of the molecule is C[C@@H](Nc1ccc(Cl)cc1)c1nnc(-c2ccccc2)o1. The van der Waals surface area contributed by atoms with E-state index in [1.807, 2.05) is 61.5 Å². The van der Waals surface area contributed by atoms with E-state index in [1.165, 1.54) is 0 Å². The minimum atomic E-state index is -0.0869. The number of nitrogens with one attached hydrogen (secondary N) is 1. The van der Waals surface area contributed by atoms with Crippen molar-refractivity contribution in [2.75, 3.05) is 5.32 Å². The van der Waals surface area contributed by atoms with Crippen LogP contribution in [-0.4, -0.2) is 10.2 Å². The van der Waals surface area contributed by atoms with Gasteiger partial charge >= 0.3 is 0 Å². The third-order valence-corrected chi connectivity index (χ3v) is 3.31. The maximum absolute atomic E-state index is 5.87. The summed E-state index contributed by atoms with van der Waals surface area (Å²) in [5.74, 6) is 1.07. The van der Waals surface area contributed by atoms with Crippen molar-refractivity contribution in [1.29, 1.82) is 0 Å². The van der Waals surface area contributed by atoms with Crippen LogP contribution >= 0.6 is 11.6 Å². The molecule has 0 aliphatic rings. The molecule has 3 aromatic rings. The molecule has 0 amide bonds. The standard InChI is InChI=1S/C16H14ClN3O/c1-11(18-14-9-7-13(17)8-10-14)15-19-20-16(21-15)12-5-3-2-4-6-12/h2-11,18H,1H3/t11-/m1/s1. The fourth-order valence-electron chi connectivity index (χ4n) is 1.96. The second-order valence-corrected chi connectivity index (χ2v) is 5.12. The molecule has 0 unspecified atom stereocenters. The summed E-state index contributed by atoms with van der Waals surface area (Å²) in [6, 6.07) is 17.1. The molecule has 0 spiro atoms. The van der Waals surface area contributed by atoms with E-state index in [4.69, 9.17) is 16.0 Å². The molecule has 0 aliphatic carbocycles. The smallest absolute Gasteiger partial charge is 0.247 e. The van der Waals surface area contributed by atoms with Gasteiger partial charge in [-0.15, -0.1) is 10.2 Å². The predicted octanol–water partition coefficient (Wildman–Crippen LogP) is 4.56. The van der Waals surface area contributed by atoms with Crippen LogP contribution in [-0.2, 0) is 0 Å². The lowest BCUT2D eigenvalue weighted by Gasteiger charge is -2.11. The van der Waals surface area contributed by atoms with E-state index in [0.717, 1.165) is 11.3 Å². The summed E-state index contributed by atoms with van der Waals surface area (Å²) in [4.78, 5) is 0. The Morgan fingerprint density at radius 1 is 1.00 bits per heavy atom. The van der Waals surface area contributed by atoms with E-state index in [-0.39, 0.29) is 6.04 Å². The largest absolute Gasteiger partial charge is 0.418 e.